The van der Waals surface area contributed by atoms with E-state index in [4.69, 9.17) is 13.9 Å². The Balaban J connectivity index is 1.85. The number of fused-ring (bicyclic) bond motifs is 1. The van der Waals surface area contributed by atoms with Gasteiger partial charge in [0.25, 0.3) is 0 Å². The third kappa shape index (κ3) is 2.74. The van der Waals surface area contributed by atoms with Crippen molar-refractivity contribution in [2.24, 2.45) is 0 Å². The van der Waals surface area contributed by atoms with E-state index in [0.29, 0.717) is 13.2 Å². The molecule has 0 bridgehead atoms. The summed E-state index contributed by atoms with van der Waals surface area (Å²) in [5.74, 6) is 0.978. The van der Waals surface area contributed by atoms with Gasteiger partial charge in [-0.25, -0.2) is 4.79 Å². The van der Waals surface area contributed by atoms with Crippen LogP contribution in [0.15, 0.2) is 28.7 Å². The third-order valence-corrected chi connectivity index (χ3v) is 3.59. The van der Waals surface area contributed by atoms with Gasteiger partial charge in [0.15, 0.2) is 0 Å². The quantitative estimate of drug-likeness (QED) is 0.847. The molecule has 1 fully saturated rings. The molecule has 1 aliphatic rings. The summed E-state index contributed by atoms with van der Waals surface area (Å²) in [6.45, 7) is 3.05. The molecule has 5 heteroatoms. The van der Waals surface area contributed by atoms with Gasteiger partial charge >= 0.3 is 6.09 Å². The minimum Gasteiger partial charge on any atom is -0.461 e. The zero-order valence-corrected chi connectivity index (χ0v) is 12.3. The molecule has 1 aliphatic heterocycles. The summed E-state index contributed by atoms with van der Waals surface area (Å²) in [7, 11) is 1.60. The molecule has 0 saturated carbocycles. The highest BCUT2D eigenvalue weighted by Gasteiger charge is 2.32. The van der Waals surface area contributed by atoms with Gasteiger partial charge < -0.3 is 13.9 Å². The molecule has 0 aliphatic carbocycles. The number of carbonyl (C=O) groups excluding carboxylic acids is 1. The summed E-state index contributed by atoms with van der Waals surface area (Å²) >= 11 is 0. The van der Waals surface area contributed by atoms with Crippen molar-refractivity contribution in [3.8, 4) is 0 Å². The van der Waals surface area contributed by atoms with E-state index in [1.807, 2.05) is 24.3 Å². The molecule has 112 valence electrons. The lowest BCUT2D eigenvalue weighted by Crippen LogP contribution is -2.25. The molecular weight excluding hydrogens is 270 g/mol. The van der Waals surface area contributed by atoms with E-state index in [2.05, 4.69) is 6.92 Å². The molecule has 2 aromatic rings. The molecule has 3 rings (SSSR count). The molecular formula is C16H19NO4. The van der Waals surface area contributed by atoms with E-state index in [1.165, 1.54) is 0 Å². The average Bonchev–Trinajstić information content (AvgIpc) is 3.01. The summed E-state index contributed by atoms with van der Waals surface area (Å²) in [6, 6.07) is 7.80. The maximum absolute atomic E-state index is 11.9. The molecule has 21 heavy (non-hydrogen) atoms. The van der Waals surface area contributed by atoms with Crippen LogP contribution in [0.5, 0.6) is 0 Å². The number of amides is 1. The first-order chi connectivity index (χ1) is 10.2. The summed E-state index contributed by atoms with van der Waals surface area (Å²) in [4.78, 5) is 13.6. The molecule has 5 nitrogen and oxygen atoms in total. The molecule has 0 N–H and O–H groups in total. The van der Waals surface area contributed by atoms with Crippen LogP contribution in [0, 0.1) is 0 Å². The van der Waals surface area contributed by atoms with Crippen LogP contribution in [0.3, 0.4) is 0 Å². The van der Waals surface area contributed by atoms with Crippen molar-refractivity contribution in [1.82, 2.24) is 0 Å². The molecule has 1 aromatic carbocycles. The van der Waals surface area contributed by atoms with Crippen LogP contribution in [-0.4, -0.2) is 32.5 Å². The Bertz CT molecular complexity index is 649. The molecule has 0 radical (unpaired) electrons. The SMILES string of the molecule is CCCc1cc2cc(N3CC(COC)OC3=O)ccc2o1. The highest BCUT2D eigenvalue weighted by molar-refractivity contribution is 5.93. The van der Waals surface area contributed by atoms with Crippen molar-refractivity contribution in [1.29, 1.82) is 0 Å². The highest BCUT2D eigenvalue weighted by Crippen LogP contribution is 2.28. The zero-order chi connectivity index (χ0) is 14.8. The minimum atomic E-state index is -0.325. The number of cyclic esters (lactones) is 1. The lowest BCUT2D eigenvalue weighted by molar-refractivity contribution is 0.0718. The highest BCUT2D eigenvalue weighted by atomic mass is 16.6. The summed E-state index contributed by atoms with van der Waals surface area (Å²) < 4.78 is 16.1. The number of methoxy groups -OCH3 is 1. The average molecular weight is 289 g/mol. The second-order valence-corrected chi connectivity index (χ2v) is 5.26. The number of benzene rings is 1. The molecule has 1 aromatic heterocycles. The number of rotatable bonds is 5. The maximum Gasteiger partial charge on any atom is 0.414 e. The normalized spacial score (nSPS) is 18.5. The van der Waals surface area contributed by atoms with Gasteiger partial charge in [-0.15, -0.1) is 0 Å². The van der Waals surface area contributed by atoms with Gasteiger partial charge in [-0.05, 0) is 30.7 Å². The van der Waals surface area contributed by atoms with Gasteiger partial charge in [-0.2, -0.15) is 0 Å². The number of anilines is 1. The Morgan fingerprint density at radius 1 is 1.38 bits per heavy atom. The number of aryl methyl sites for hydroxylation is 1. The van der Waals surface area contributed by atoms with Gasteiger partial charge in [0.2, 0.25) is 0 Å². The van der Waals surface area contributed by atoms with Crippen LogP contribution in [0.25, 0.3) is 11.0 Å². The Morgan fingerprint density at radius 2 is 2.24 bits per heavy atom. The fourth-order valence-electron chi connectivity index (χ4n) is 2.63. The van der Waals surface area contributed by atoms with E-state index in [9.17, 15) is 4.79 Å². The molecule has 2 heterocycles. The molecule has 1 saturated heterocycles. The van der Waals surface area contributed by atoms with Crippen LogP contribution in [-0.2, 0) is 15.9 Å². The van der Waals surface area contributed by atoms with E-state index < -0.39 is 0 Å². The zero-order valence-electron chi connectivity index (χ0n) is 12.3. The van der Waals surface area contributed by atoms with Gasteiger partial charge in [-0.3, -0.25) is 4.90 Å². The summed E-state index contributed by atoms with van der Waals surface area (Å²) in [6.07, 6.45) is 1.43. The van der Waals surface area contributed by atoms with Crippen LogP contribution in [0.2, 0.25) is 0 Å². The van der Waals surface area contributed by atoms with Crippen molar-refractivity contribution < 1.29 is 18.7 Å². The molecule has 1 unspecified atom stereocenters. The number of ether oxygens (including phenoxy) is 2. The smallest absolute Gasteiger partial charge is 0.414 e. The maximum atomic E-state index is 11.9. The lowest BCUT2D eigenvalue weighted by Gasteiger charge is -2.12. The van der Waals surface area contributed by atoms with Crippen LogP contribution in [0.1, 0.15) is 19.1 Å². The topological polar surface area (TPSA) is 51.9 Å². The number of furan rings is 1. The monoisotopic (exact) mass is 289 g/mol. The second kappa shape index (κ2) is 5.77. The second-order valence-electron chi connectivity index (χ2n) is 5.26. The van der Waals surface area contributed by atoms with Crippen molar-refractivity contribution in [3.63, 3.8) is 0 Å². The molecule has 1 atom stereocenters. The van der Waals surface area contributed by atoms with Crippen LogP contribution in [0.4, 0.5) is 10.5 Å². The van der Waals surface area contributed by atoms with Crippen LogP contribution < -0.4 is 4.90 Å². The van der Waals surface area contributed by atoms with Gasteiger partial charge in [0.05, 0.1) is 13.2 Å². The summed E-state index contributed by atoms with van der Waals surface area (Å²) in [5, 5.41) is 1.01. The van der Waals surface area contributed by atoms with Crippen molar-refractivity contribution in [2.45, 2.75) is 25.9 Å². The largest absolute Gasteiger partial charge is 0.461 e. The Hall–Kier alpha value is -2.01. The Kier molecular flexibility index (Phi) is 3.84. The predicted molar refractivity (Wildman–Crippen MR) is 79.7 cm³/mol. The van der Waals surface area contributed by atoms with Crippen molar-refractivity contribution in [2.75, 3.05) is 25.2 Å². The van der Waals surface area contributed by atoms with Gasteiger partial charge in [0, 0.05) is 24.6 Å². The van der Waals surface area contributed by atoms with E-state index >= 15 is 0 Å². The Labute approximate surface area is 123 Å². The fraction of sp³-hybridized carbons (Fsp3) is 0.438. The van der Waals surface area contributed by atoms with Gasteiger partial charge in [-0.1, -0.05) is 6.92 Å². The third-order valence-electron chi connectivity index (χ3n) is 3.59. The van der Waals surface area contributed by atoms with E-state index in [1.54, 1.807) is 12.0 Å². The van der Waals surface area contributed by atoms with Crippen molar-refractivity contribution in [3.05, 3.63) is 30.0 Å². The number of hydrogen-bond acceptors (Lipinski definition) is 4. The van der Waals surface area contributed by atoms with Gasteiger partial charge in [0.1, 0.15) is 17.4 Å². The predicted octanol–water partition coefficient (Wildman–Crippen LogP) is 3.36. The Morgan fingerprint density at radius 3 is 3.00 bits per heavy atom. The van der Waals surface area contributed by atoms with Crippen molar-refractivity contribution >= 4 is 22.7 Å². The van der Waals surface area contributed by atoms with E-state index in [-0.39, 0.29) is 12.2 Å². The minimum absolute atomic E-state index is 0.210. The number of nitrogens with zero attached hydrogens (tertiary/aromatic N) is 1. The first-order valence-corrected chi connectivity index (χ1v) is 7.21. The standard InChI is InChI=1S/C16H19NO4/c1-3-4-13-8-11-7-12(5-6-15(11)20-13)17-9-14(10-19-2)21-16(17)18/h5-8,14H,3-4,9-10H2,1-2H3. The number of hydrogen-bond donors (Lipinski definition) is 0. The first kappa shape index (κ1) is 13.9. The number of carbonyl (C=O) groups is 1. The summed E-state index contributed by atoms with van der Waals surface area (Å²) in [5.41, 5.74) is 1.68. The fourth-order valence-corrected chi connectivity index (χ4v) is 2.63. The lowest BCUT2D eigenvalue weighted by atomic mass is 10.2. The molecule has 0 spiro atoms. The molecule has 1 amide bonds. The van der Waals surface area contributed by atoms with Crippen LogP contribution >= 0.6 is 0 Å². The first-order valence-electron chi connectivity index (χ1n) is 7.21. The van der Waals surface area contributed by atoms with E-state index in [0.717, 1.165) is 35.3 Å².